The molecule has 0 aromatic carbocycles. The monoisotopic (exact) mass is 339 g/mol. The number of nitrogens with zero attached hydrogens (tertiary/aromatic N) is 5. The summed E-state index contributed by atoms with van der Waals surface area (Å²) < 4.78 is 1.96. The highest BCUT2D eigenvalue weighted by Gasteiger charge is 2.23. The maximum atomic E-state index is 12.4. The van der Waals surface area contributed by atoms with Crippen LogP contribution in [0.2, 0.25) is 0 Å². The molecule has 4 heterocycles. The molecule has 7 heteroatoms. The molecule has 0 radical (unpaired) electrons. The number of carbonyl (C=O) groups excluding carboxylic acids is 1. The average Bonchev–Trinajstić information content (AvgIpc) is 3.35. The summed E-state index contributed by atoms with van der Waals surface area (Å²) in [7, 11) is 0. The molecular weight excluding hydrogens is 322 g/mol. The average molecular weight is 339 g/mol. The normalized spacial score (nSPS) is 14.8. The first kappa shape index (κ1) is 14.9. The van der Waals surface area contributed by atoms with Crippen LogP contribution in [0.3, 0.4) is 0 Å². The van der Waals surface area contributed by atoms with Crippen LogP contribution in [0.15, 0.2) is 53.7 Å². The lowest BCUT2D eigenvalue weighted by Crippen LogP contribution is -2.49. The standard InChI is InChI=1S/C17H17N5OS/c23-17(14-3-10-24-12-14)22-8-6-21(7-9-22)16-11-15(18-13-19-16)20-4-1-2-5-20/h1-5,10-13H,6-9H2. The molecule has 3 aromatic rings. The van der Waals surface area contributed by atoms with Gasteiger partial charge in [-0.15, -0.1) is 0 Å². The van der Waals surface area contributed by atoms with Crippen LogP contribution in [0.4, 0.5) is 5.82 Å². The first-order valence-electron chi connectivity index (χ1n) is 7.83. The summed E-state index contributed by atoms with van der Waals surface area (Å²) in [6.45, 7) is 2.96. The number of thiophene rings is 1. The van der Waals surface area contributed by atoms with Gasteiger partial charge in [0.15, 0.2) is 0 Å². The molecule has 0 N–H and O–H groups in total. The minimum Gasteiger partial charge on any atom is -0.353 e. The Morgan fingerprint density at radius 1 is 1.04 bits per heavy atom. The smallest absolute Gasteiger partial charge is 0.254 e. The Balaban J connectivity index is 1.44. The second kappa shape index (κ2) is 6.45. The number of aromatic nitrogens is 3. The second-order valence-corrected chi connectivity index (χ2v) is 6.40. The van der Waals surface area contributed by atoms with E-state index >= 15 is 0 Å². The molecule has 1 aliphatic rings. The fraction of sp³-hybridized carbons (Fsp3) is 0.235. The third-order valence-corrected chi connectivity index (χ3v) is 4.85. The summed E-state index contributed by atoms with van der Waals surface area (Å²) in [5.41, 5.74) is 0.783. The van der Waals surface area contributed by atoms with Crippen molar-refractivity contribution in [1.82, 2.24) is 19.4 Å². The van der Waals surface area contributed by atoms with E-state index < -0.39 is 0 Å². The fourth-order valence-electron chi connectivity index (χ4n) is 2.85. The molecule has 1 fully saturated rings. The van der Waals surface area contributed by atoms with Crippen LogP contribution in [0.25, 0.3) is 5.82 Å². The number of carbonyl (C=O) groups is 1. The first-order valence-corrected chi connectivity index (χ1v) is 8.77. The summed E-state index contributed by atoms with van der Waals surface area (Å²) in [4.78, 5) is 25.2. The van der Waals surface area contributed by atoms with Gasteiger partial charge in [-0.1, -0.05) is 0 Å². The third-order valence-electron chi connectivity index (χ3n) is 4.17. The fourth-order valence-corrected chi connectivity index (χ4v) is 3.48. The highest BCUT2D eigenvalue weighted by Crippen LogP contribution is 2.18. The predicted octanol–water partition coefficient (Wildman–Crippen LogP) is 2.29. The molecular formula is C17H17N5OS. The molecule has 1 saturated heterocycles. The van der Waals surface area contributed by atoms with Crippen molar-refractivity contribution in [2.45, 2.75) is 0 Å². The van der Waals surface area contributed by atoms with Gasteiger partial charge in [0.05, 0.1) is 5.56 Å². The summed E-state index contributed by atoms with van der Waals surface area (Å²) >= 11 is 1.55. The zero-order chi connectivity index (χ0) is 16.4. The van der Waals surface area contributed by atoms with Gasteiger partial charge in [0.1, 0.15) is 18.0 Å². The summed E-state index contributed by atoms with van der Waals surface area (Å²) in [6, 6.07) is 7.80. The van der Waals surface area contributed by atoms with E-state index in [0.717, 1.165) is 30.3 Å². The molecule has 0 aliphatic carbocycles. The Bertz CT molecular complexity index is 807. The van der Waals surface area contributed by atoms with Crippen LogP contribution < -0.4 is 4.90 Å². The van der Waals surface area contributed by atoms with Crippen molar-refractivity contribution in [2.75, 3.05) is 31.1 Å². The van der Waals surface area contributed by atoms with E-state index in [1.807, 2.05) is 56.9 Å². The van der Waals surface area contributed by atoms with Gasteiger partial charge in [-0.25, -0.2) is 9.97 Å². The van der Waals surface area contributed by atoms with E-state index in [4.69, 9.17) is 0 Å². The van der Waals surface area contributed by atoms with Crippen molar-refractivity contribution in [3.05, 3.63) is 59.3 Å². The molecule has 0 atom stereocenters. The maximum absolute atomic E-state index is 12.4. The number of piperazine rings is 1. The van der Waals surface area contributed by atoms with Crippen molar-refractivity contribution >= 4 is 23.1 Å². The van der Waals surface area contributed by atoms with Gasteiger partial charge in [0.25, 0.3) is 5.91 Å². The van der Waals surface area contributed by atoms with E-state index in [2.05, 4.69) is 14.9 Å². The predicted molar refractivity (Wildman–Crippen MR) is 93.8 cm³/mol. The van der Waals surface area contributed by atoms with Gasteiger partial charge in [0, 0.05) is 50.0 Å². The van der Waals surface area contributed by atoms with E-state index in [-0.39, 0.29) is 5.91 Å². The summed E-state index contributed by atoms with van der Waals surface area (Å²) in [5.74, 6) is 1.87. The highest BCUT2D eigenvalue weighted by molar-refractivity contribution is 7.08. The molecule has 1 aliphatic heterocycles. The Morgan fingerprint density at radius 2 is 1.79 bits per heavy atom. The van der Waals surface area contributed by atoms with E-state index in [1.165, 1.54) is 0 Å². The van der Waals surface area contributed by atoms with Gasteiger partial charge in [0.2, 0.25) is 0 Å². The molecule has 6 nitrogen and oxygen atoms in total. The third kappa shape index (κ3) is 2.90. The van der Waals surface area contributed by atoms with Crippen molar-refractivity contribution in [1.29, 1.82) is 0 Å². The number of hydrogen-bond acceptors (Lipinski definition) is 5. The van der Waals surface area contributed by atoms with Gasteiger partial charge < -0.3 is 14.4 Å². The zero-order valence-corrected chi connectivity index (χ0v) is 13.9. The van der Waals surface area contributed by atoms with Crippen molar-refractivity contribution < 1.29 is 4.79 Å². The Morgan fingerprint density at radius 3 is 2.50 bits per heavy atom. The van der Waals surface area contributed by atoms with Crippen LogP contribution >= 0.6 is 11.3 Å². The first-order chi connectivity index (χ1) is 11.8. The molecule has 4 rings (SSSR count). The molecule has 3 aromatic heterocycles. The second-order valence-electron chi connectivity index (χ2n) is 5.62. The summed E-state index contributed by atoms with van der Waals surface area (Å²) in [5, 5.41) is 3.84. The molecule has 0 spiro atoms. The number of rotatable bonds is 3. The Hall–Kier alpha value is -2.67. The molecule has 1 amide bonds. The highest BCUT2D eigenvalue weighted by atomic mass is 32.1. The number of anilines is 1. The molecule has 0 bridgehead atoms. The topological polar surface area (TPSA) is 54.3 Å². The molecule has 0 unspecified atom stereocenters. The van der Waals surface area contributed by atoms with Gasteiger partial charge in [-0.3, -0.25) is 4.79 Å². The SMILES string of the molecule is O=C(c1ccsc1)N1CCN(c2cc(-n3cccc3)ncn2)CC1. The zero-order valence-electron chi connectivity index (χ0n) is 13.1. The Labute approximate surface area is 144 Å². The molecule has 0 saturated carbocycles. The van der Waals surface area contributed by atoms with Crippen LogP contribution in [0, 0.1) is 0 Å². The number of hydrogen-bond donors (Lipinski definition) is 0. The van der Waals surface area contributed by atoms with Gasteiger partial charge >= 0.3 is 0 Å². The van der Waals surface area contributed by atoms with Gasteiger partial charge in [-0.05, 0) is 23.6 Å². The van der Waals surface area contributed by atoms with Gasteiger partial charge in [-0.2, -0.15) is 11.3 Å². The van der Waals surface area contributed by atoms with E-state index in [1.54, 1.807) is 17.7 Å². The van der Waals surface area contributed by atoms with Crippen molar-refractivity contribution in [3.63, 3.8) is 0 Å². The summed E-state index contributed by atoms with van der Waals surface area (Å²) in [6.07, 6.45) is 5.51. The maximum Gasteiger partial charge on any atom is 0.254 e. The van der Waals surface area contributed by atoms with Crippen molar-refractivity contribution in [3.8, 4) is 5.82 Å². The largest absolute Gasteiger partial charge is 0.353 e. The minimum absolute atomic E-state index is 0.117. The molecule has 24 heavy (non-hydrogen) atoms. The quantitative estimate of drug-likeness (QED) is 0.735. The Kier molecular flexibility index (Phi) is 4.00. The minimum atomic E-state index is 0.117. The van der Waals surface area contributed by atoms with Crippen LogP contribution in [0.5, 0.6) is 0 Å². The van der Waals surface area contributed by atoms with E-state index in [0.29, 0.717) is 13.1 Å². The lowest BCUT2D eigenvalue weighted by molar-refractivity contribution is 0.0747. The van der Waals surface area contributed by atoms with Crippen LogP contribution in [-0.2, 0) is 0 Å². The number of amides is 1. The van der Waals surface area contributed by atoms with Crippen molar-refractivity contribution in [2.24, 2.45) is 0 Å². The lowest BCUT2D eigenvalue weighted by atomic mass is 10.2. The molecule has 122 valence electrons. The lowest BCUT2D eigenvalue weighted by Gasteiger charge is -2.35. The van der Waals surface area contributed by atoms with E-state index in [9.17, 15) is 4.79 Å². The van der Waals surface area contributed by atoms with Crippen LogP contribution in [0.1, 0.15) is 10.4 Å². The van der Waals surface area contributed by atoms with Crippen LogP contribution in [-0.4, -0.2) is 51.5 Å².